The predicted octanol–water partition coefficient (Wildman–Crippen LogP) is 3.13. The van der Waals surface area contributed by atoms with Gasteiger partial charge in [-0.25, -0.2) is 0 Å². The van der Waals surface area contributed by atoms with Gasteiger partial charge in [-0.15, -0.1) is 0 Å². The predicted molar refractivity (Wildman–Crippen MR) is 72.9 cm³/mol. The first-order valence-corrected chi connectivity index (χ1v) is 6.59. The number of hydrogen-bond donors (Lipinski definition) is 2. The van der Waals surface area contributed by atoms with E-state index >= 15 is 0 Å². The van der Waals surface area contributed by atoms with Crippen LogP contribution in [0.1, 0.15) is 45.2 Å². The fourth-order valence-electron chi connectivity index (χ4n) is 2.04. The normalized spacial score (nSPS) is 14.9. The minimum absolute atomic E-state index is 0.193. The van der Waals surface area contributed by atoms with E-state index in [0.29, 0.717) is 12.0 Å². The zero-order chi connectivity index (χ0) is 12.7. The van der Waals surface area contributed by atoms with Crippen LogP contribution < -0.4 is 5.32 Å². The van der Waals surface area contributed by atoms with Crippen molar-refractivity contribution in [2.75, 3.05) is 6.61 Å². The van der Waals surface area contributed by atoms with Gasteiger partial charge in [0.2, 0.25) is 0 Å². The second kappa shape index (κ2) is 7.46. The van der Waals surface area contributed by atoms with E-state index in [4.69, 9.17) is 0 Å². The number of aliphatic hydroxyl groups excluding tert-OH is 1. The van der Waals surface area contributed by atoms with Gasteiger partial charge in [-0.05, 0) is 24.3 Å². The van der Waals surface area contributed by atoms with Crippen molar-refractivity contribution in [2.24, 2.45) is 5.92 Å². The van der Waals surface area contributed by atoms with Crippen LogP contribution in [0.4, 0.5) is 0 Å². The van der Waals surface area contributed by atoms with Crippen LogP contribution in [0.5, 0.6) is 0 Å². The quantitative estimate of drug-likeness (QED) is 0.761. The largest absolute Gasteiger partial charge is 0.395 e. The molecule has 2 nitrogen and oxygen atoms in total. The smallest absolute Gasteiger partial charge is 0.0584 e. The van der Waals surface area contributed by atoms with E-state index in [0.717, 1.165) is 12.8 Å². The van der Waals surface area contributed by atoms with Crippen LogP contribution in [0.2, 0.25) is 0 Å². The lowest BCUT2D eigenvalue weighted by molar-refractivity contribution is 0.221. The molecule has 0 fully saturated rings. The van der Waals surface area contributed by atoms with Gasteiger partial charge in [0.15, 0.2) is 0 Å². The summed E-state index contributed by atoms with van der Waals surface area (Å²) in [5.74, 6) is 0.643. The first-order valence-electron chi connectivity index (χ1n) is 6.59. The maximum atomic E-state index is 9.29. The molecular weight excluding hydrogens is 210 g/mol. The Bertz CT molecular complexity index is 293. The SMILES string of the molecule is CC[C@H](CO)NC(CC(C)C)c1ccccc1. The van der Waals surface area contributed by atoms with E-state index in [2.05, 4.69) is 50.4 Å². The molecule has 1 unspecified atom stereocenters. The zero-order valence-corrected chi connectivity index (χ0v) is 11.2. The molecule has 17 heavy (non-hydrogen) atoms. The van der Waals surface area contributed by atoms with Gasteiger partial charge >= 0.3 is 0 Å². The minimum Gasteiger partial charge on any atom is -0.395 e. The Hall–Kier alpha value is -0.860. The lowest BCUT2D eigenvalue weighted by atomic mass is 9.96. The summed E-state index contributed by atoms with van der Waals surface area (Å²) in [6, 6.07) is 11.0. The number of aliphatic hydroxyl groups is 1. The molecule has 0 aliphatic heterocycles. The molecule has 0 saturated carbocycles. The molecule has 0 heterocycles. The molecule has 96 valence electrons. The highest BCUT2D eigenvalue weighted by Crippen LogP contribution is 2.21. The van der Waals surface area contributed by atoms with Crippen molar-refractivity contribution in [2.45, 2.75) is 45.7 Å². The Morgan fingerprint density at radius 1 is 1.18 bits per heavy atom. The standard InChI is InChI=1S/C15H25NO/c1-4-14(11-17)16-15(10-12(2)3)13-8-6-5-7-9-13/h5-9,12,14-17H,4,10-11H2,1-3H3/t14-,15?/m1/s1. The van der Waals surface area contributed by atoms with Crippen LogP contribution in [0, 0.1) is 5.92 Å². The van der Waals surface area contributed by atoms with Gasteiger partial charge in [0.1, 0.15) is 0 Å². The average molecular weight is 235 g/mol. The molecule has 0 saturated heterocycles. The van der Waals surface area contributed by atoms with Crippen molar-refractivity contribution < 1.29 is 5.11 Å². The van der Waals surface area contributed by atoms with Gasteiger partial charge in [0, 0.05) is 12.1 Å². The Balaban J connectivity index is 2.73. The van der Waals surface area contributed by atoms with Crippen LogP contribution in [0.25, 0.3) is 0 Å². The molecule has 2 atom stereocenters. The van der Waals surface area contributed by atoms with E-state index in [1.807, 2.05) is 6.07 Å². The average Bonchev–Trinajstić information content (AvgIpc) is 2.35. The highest BCUT2D eigenvalue weighted by Gasteiger charge is 2.16. The van der Waals surface area contributed by atoms with Gasteiger partial charge < -0.3 is 10.4 Å². The highest BCUT2D eigenvalue weighted by molar-refractivity contribution is 5.19. The maximum absolute atomic E-state index is 9.29. The van der Waals surface area contributed by atoms with Crippen LogP contribution in [0.15, 0.2) is 30.3 Å². The summed E-state index contributed by atoms with van der Waals surface area (Å²) in [7, 11) is 0. The second-order valence-electron chi connectivity index (χ2n) is 5.05. The Labute approximate surface area is 105 Å². The summed E-state index contributed by atoms with van der Waals surface area (Å²) >= 11 is 0. The molecule has 1 aromatic rings. The van der Waals surface area contributed by atoms with E-state index in [-0.39, 0.29) is 12.6 Å². The van der Waals surface area contributed by atoms with Gasteiger partial charge in [-0.3, -0.25) is 0 Å². The Morgan fingerprint density at radius 2 is 1.82 bits per heavy atom. The Kier molecular flexibility index (Phi) is 6.23. The minimum atomic E-state index is 0.193. The molecule has 0 aliphatic carbocycles. The fourth-order valence-corrected chi connectivity index (χ4v) is 2.04. The van der Waals surface area contributed by atoms with Crippen molar-refractivity contribution in [3.63, 3.8) is 0 Å². The summed E-state index contributed by atoms with van der Waals surface area (Å²) in [4.78, 5) is 0. The highest BCUT2D eigenvalue weighted by atomic mass is 16.3. The van der Waals surface area contributed by atoms with E-state index in [9.17, 15) is 5.11 Å². The summed E-state index contributed by atoms with van der Waals surface area (Å²) in [5, 5.41) is 12.8. The third kappa shape index (κ3) is 4.88. The molecule has 1 rings (SSSR count). The summed E-state index contributed by atoms with van der Waals surface area (Å²) in [6.07, 6.45) is 2.05. The summed E-state index contributed by atoms with van der Waals surface area (Å²) in [5.41, 5.74) is 1.31. The topological polar surface area (TPSA) is 32.3 Å². The van der Waals surface area contributed by atoms with Crippen molar-refractivity contribution in [3.05, 3.63) is 35.9 Å². The number of nitrogens with one attached hydrogen (secondary N) is 1. The van der Waals surface area contributed by atoms with Crippen LogP contribution >= 0.6 is 0 Å². The monoisotopic (exact) mass is 235 g/mol. The summed E-state index contributed by atoms with van der Waals surface area (Å²) in [6.45, 7) is 6.78. The van der Waals surface area contributed by atoms with Crippen molar-refractivity contribution in [1.29, 1.82) is 0 Å². The maximum Gasteiger partial charge on any atom is 0.0584 e. The molecule has 0 aliphatic rings. The van der Waals surface area contributed by atoms with Gasteiger partial charge in [-0.2, -0.15) is 0 Å². The number of benzene rings is 1. The fraction of sp³-hybridized carbons (Fsp3) is 0.600. The van der Waals surface area contributed by atoms with Crippen LogP contribution in [-0.2, 0) is 0 Å². The lowest BCUT2D eigenvalue weighted by Gasteiger charge is -2.25. The zero-order valence-electron chi connectivity index (χ0n) is 11.2. The second-order valence-corrected chi connectivity index (χ2v) is 5.05. The molecule has 2 N–H and O–H groups in total. The third-order valence-electron chi connectivity index (χ3n) is 3.06. The van der Waals surface area contributed by atoms with Crippen molar-refractivity contribution >= 4 is 0 Å². The van der Waals surface area contributed by atoms with E-state index in [1.54, 1.807) is 0 Å². The molecule has 2 heteroatoms. The van der Waals surface area contributed by atoms with Gasteiger partial charge in [-0.1, -0.05) is 51.1 Å². The molecule has 1 aromatic carbocycles. The molecule has 0 bridgehead atoms. The Morgan fingerprint density at radius 3 is 2.29 bits per heavy atom. The number of rotatable bonds is 7. The molecule has 0 amide bonds. The van der Waals surface area contributed by atoms with Crippen molar-refractivity contribution in [1.82, 2.24) is 5.32 Å². The summed E-state index contributed by atoms with van der Waals surface area (Å²) < 4.78 is 0. The first-order chi connectivity index (χ1) is 8.17. The molecule has 0 aromatic heterocycles. The van der Waals surface area contributed by atoms with E-state index < -0.39 is 0 Å². The van der Waals surface area contributed by atoms with Crippen LogP contribution in [-0.4, -0.2) is 17.8 Å². The lowest BCUT2D eigenvalue weighted by Crippen LogP contribution is -2.35. The van der Waals surface area contributed by atoms with Crippen LogP contribution in [0.3, 0.4) is 0 Å². The first kappa shape index (κ1) is 14.2. The molecule has 0 radical (unpaired) electrons. The van der Waals surface area contributed by atoms with Crippen molar-refractivity contribution in [3.8, 4) is 0 Å². The van der Waals surface area contributed by atoms with Gasteiger partial charge in [0.05, 0.1) is 6.61 Å². The number of hydrogen-bond acceptors (Lipinski definition) is 2. The third-order valence-corrected chi connectivity index (χ3v) is 3.06. The van der Waals surface area contributed by atoms with Gasteiger partial charge in [0.25, 0.3) is 0 Å². The molecular formula is C15H25NO. The van der Waals surface area contributed by atoms with E-state index in [1.165, 1.54) is 5.56 Å². The molecule has 0 spiro atoms.